The molecule has 126 valence electrons. The maximum Gasteiger partial charge on any atom is 0.306 e. The average Bonchev–Trinajstić information content (AvgIpc) is 2.98. The summed E-state index contributed by atoms with van der Waals surface area (Å²) in [5, 5.41) is 12.0. The molecule has 2 N–H and O–H groups in total. The number of hydrogen-bond donors (Lipinski definition) is 2. The number of amides is 1. The van der Waals surface area contributed by atoms with Crippen LogP contribution in [-0.2, 0) is 4.79 Å². The minimum atomic E-state index is -0.752. The van der Waals surface area contributed by atoms with Crippen LogP contribution in [0.2, 0.25) is 0 Å². The molecule has 1 aromatic carbocycles. The number of oxazole rings is 1. The first-order valence-corrected chi connectivity index (χ1v) is 8.11. The normalized spacial score (nSPS) is 20.5. The third kappa shape index (κ3) is 3.48. The average molecular weight is 328 g/mol. The number of carbonyl (C=O) groups is 2. The second kappa shape index (κ2) is 6.86. The molecule has 1 amide bonds. The lowest BCUT2D eigenvalue weighted by Crippen LogP contribution is -2.39. The van der Waals surface area contributed by atoms with Crippen LogP contribution in [0.1, 0.15) is 42.1 Å². The second-order valence-electron chi connectivity index (χ2n) is 6.14. The van der Waals surface area contributed by atoms with E-state index in [1.165, 1.54) is 0 Å². The van der Waals surface area contributed by atoms with E-state index in [1.807, 2.05) is 30.3 Å². The first-order valence-electron chi connectivity index (χ1n) is 8.11. The number of carbonyl (C=O) groups excluding carboxylic acids is 1. The molecule has 0 spiro atoms. The summed E-state index contributed by atoms with van der Waals surface area (Å²) in [7, 11) is 0. The number of carboxylic acid groups (broad SMARTS) is 1. The Morgan fingerprint density at radius 2 is 1.83 bits per heavy atom. The summed E-state index contributed by atoms with van der Waals surface area (Å²) >= 11 is 0. The van der Waals surface area contributed by atoms with Crippen molar-refractivity contribution in [3.8, 4) is 11.3 Å². The molecule has 0 radical (unpaired) electrons. The largest absolute Gasteiger partial charge is 0.481 e. The SMILES string of the molecule is Cc1nc(C(=O)NC2CCC(C(=O)O)CC2)c(-c2ccccc2)o1. The van der Waals surface area contributed by atoms with Crippen LogP contribution < -0.4 is 5.32 Å². The highest BCUT2D eigenvalue weighted by Gasteiger charge is 2.28. The maximum atomic E-state index is 12.6. The highest BCUT2D eigenvalue weighted by Crippen LogP contribution is 2.27. The number of aryl methyl sites for hydroxylation is 1. The van der Waals surface area contributed by atoms with Crippen LogP contribution in [0.15, 0.2) is 34.7 Å². The summed E-state index contributed by atoms with van der Waals surface area (Å²) in [6.45, 7) is 1.71. The second-order valence-corrected chi connectivity index (χ2v) is 6.14. The molecule has 2 aromatic rings. The highest BCUT2D eigenvalue weighted by molar-refractivity contribution is 5.97. The molecule has 0 unspecified atom stereocenters. The van der Waals surface area contributed by atoms with Crippen molar-refractivity contribution in [3.05, 3.63) is 41.9 Å². The van der Waals surface area contributed by atoms with Gasteiger partial charge in [0.25, 0.3) is 5.91 Å². The van der Waals surface area contributed by atoms with E-state index in [0.717, 1.165) is 5.56 Å². The van der Waals surface area contributed by atoms with Crippen molar-refractivity contribution in [1.29, 1.82) is 0 Å². The summed E-state index contributed by atoms with van der Waals surface area (Å²) in [5.41, 5.74) is 1.08. The molecule has 0 saturated heterocycles. The van der Waals surface area contributed by atoms with Crippen molar-refractivity contribution in [2.45, 2.75) is 38.6 Å². The summed E-state index contributed by atoms with van der Waals surface area (Å²) < 4.78 is 5.61. The van der Waals surface area contributed by atoms with Gasteiger partial charge in [-0.2, -0.15) is 0 Å². The van der Waals surface area contributed by atoms with E-state index in [0.29, 0.717) is 37.3 Å². The number of aromatic nitrogens is 1. The van der Waals surface area contributed by atoms with Gasteiger partial charge in [-0.3, -0.25) is 9.59 Å². The lowest BCUT2D eigenvalue weighted by atomic mass is 9.86. The van der Waals surface area contributed by atoms with E-state index < -0.39 is 5.97 Å². The van der Waals surface area contributed by atoms with Gasteiger partial charge in [-0.05, 0) is 25.7 Å². The van der Waals surface area contributed by atoms with E-state index in [9.17, 15) is 9.59 Å². The molecule has 6 nitrogen and oxygen atoms in total. The molecule has 3 rings (SSSR count). The Kier molecular flexibility index (Phi) is 4.64. The van der Waals surface area contributed by atoms with Gasteiger partial charge in [0.1, 0.15) is 0 Å². The number of hydrogen-bond acceptors (Lipinski definition) is 4. The van der Waals surface area contributed by atoms with Gasteiger partial charge in [0.2, 0.25) is 0 Å². The predicted octanol–water partition coefficient (Wildman–Crippen LogP) is 3.02. The fraction of sp³-hybridized carbons (Fsp3) is 0.389. The van der Waals surface area contributed by atoms with Crippen LogP contribution in [0.4, 0.5) is 0 Å². The number of rotatable bonds is 4. The number of nitrogens with one attached hydrogen (secondary N) is 1. The topological polar surface area (TPSA) is 92.4 Å². The van der Waals surface area contributed by atoms with Crippen molar-refractivity contribution >= 4 is 11.9 Å². The van der Waals surface area contributed by atoms with Crippen LogP contribution in [-0.4, -0.2) is 28.0 Å². The lowest BCUT2D eigenvalue weighted by molar-refractivity contribution is -0.142. The smallest absolute Gasteiger partial charge is 0.306 e. The maximum absolute atomic E-state index is 12.6. The molecule has 1 aliphatic rings. The summed E-state index contributed by atoms with van der Waals surface area (Å²) in [5.74, 6) is -0.423. The first-order chi connectivity index (χ1) is 11.5. The van der Waals surface area contributed by atoms with Gasteiger partial charge in [0, 0.05) is 18.5 Å². The Labute approximate surface area is 139 Å². The summed E-state index contributed by atoms with van der Waals surface area (Å²) in [4.78, 5) is 27.8. The zero-order valence-electron chi connectivity index (χ0n) is 13.5. The Hall–Kier alpha value is -2.63. The predicted molar refractivity (Wildman–Crippen MR) is 87.5 cm³/mol. The van der Waals surface area contributed by atoms with Crippen LogP contribution in [0.3, 0.4) is 0 Å². The number of benzene rings is 1. The molecule has 24 heavy (non-hydrogen) atoms. The molecule has 1 aliphatic carbocycles. The summed E-state index contributed by atoms with van der Waals surface area (Å²) in [6, 6.07) is 9.37. The van der Waals surface area contributed by atoms with Crippen molar-refractivity contribution in [2.75, 3.05) is 0 Å². The zero-order chi connectivity index (χ0) is 17.1. The third-order valence-electron chi connectivity index (χ3n) is 4.40. The molecule has 0 atom stereocenters. The first kappa shape index (κ1) is 16.2. The minimum Gasteiger partial charge on any atom is -0.481 e. The molecule has 0 bridgehead atoms. The Morgan fingerprint density at radius 3 is 2.46 bits per heavy atom. The lowest BCUT2D eigenvalue weighted by Gasteiger charge is -2.26. The van der Waals surface area contributed by atoms with E-state index in [2.05, 4.69) is 10.3 Å². The molecule has 1 heterocycles. The van der Waals surface area contributed by atoms with Crippen LogP contribution in [0.5, 0.6) is 0 Å². The zero-order valence-corrected chi connectivity index (χ0v) is 13.5. The monoisotopic (exact) mass is 328 g/mol. The molecule has 1 aromatic heterocycles. The molecular weight excluding hydrogens is 308 g/mol. The van der Waals surface area contributed by atoms with Crippen LogP contribution in [0, 0.1) is 12.8 Å². The van der Waals surface area contributed by atoms with Crippen molar-refractivity contribution in [3.63, 3.8) is 0 Å². The molecular formula is C18H20N2O4. The summed E-state index contributed by atoms with van der Waals surface area (Å²) in [6.07, 6.45) is 2.51. The molecule has 1 fully saturated rings. The highest BCUT2D eigenvalue weighted by atomic mass is 16.4. The van der Waals surface area contributed by atoms with Gasteiger partial charge in [0.05, 0.1) is 5.92 Å². The third-order valence-corrected chi connectivity index (χ3v) is 4.40. The molecule has 0 aliphatic heterocycles. The van der Waals surface area contributed by atoms with Crippen LogP contribution >= 0.6 is 0 Å². The Morgan fingerprint density at radius 1 is 1.17 bits per heavy atom. The van der Waals surface area contributed by atoms with Gasteiger partial charge in [0.15, 0.2) is 17.3 Å². The Balaban J connectivity index is 1.71. The fourth-order valence-corrected chi connectivity index (χ4v) is 3.10. The van der Waals surface area contributed by atoms with E-state index >= 15 is 0 Å². The standard InChI is InChI=1S/C18H20N2O4/c1-11-19-15(16(24-11)12-5-3-2-4-6-12)17(21)20-14-9-7-13(8-10-14)18(22)23/h2-6,13-14H,7-10H2,1H3,(H,20,21)(H,22,23). The number of aliphatic carboxylic acids is 1. The number of nitrogens with zero attached hydrogens (tertiary/aromatic N) is 1. The van der Waals surface area contributed by atoms with E-state index in [1.54, 1.807) is 6.92 Å². The molecule has 6 heteroatoms. The fourth-order valence-electron chi connectivity index (χ4n) is 3.10. The van der Waals surface area contributed by atoms with Gasteiger partial charge in [-0.1, -0.05) is 30.3 Å². The van der Waals surface area contributed by atoms with E-state index in [4.69, 9.17) is 9.52 Å². The van der Waals surface area contributed by atoms with Gasteiger partial charge in [-0.15, -0.1) is 0 Å². The van der Waals surface area contributed by atoms with Crippen molar-refractivity contribution in [2.24, 2.45) is 5.92 Å². The minimum absolute atomic E-state index is 0.0197. The Bertz CT molecular complexity index is 731. The molecule has 1 saturated carbocycles. The van der Waals surface area contributed by atoms with Gasteiger partial charge in [-0.25, -0.2) is 4.98 Å². The van der Waals surface area contributed by atoms with Crippen molar-refractivity contribution < 1.29 is 19.1 Å². The number of carboxylic acids is 1. The van der Waals surface area contributed by atoms with Crippen LogP contribution in [0.25, 0.3) is 11.3 Å². The van der Waals surface area contributed by atoms with E-state index in [-0.39, 0.29) is 23.6 Å². The van der Waals surface area contributed by atoms with Crippen molar-refractivity contribution in [1.82, 2.24) is 10.3 Å². The van der Waals surface area contributed by atoms with Gasteiger partial charge >= 0.3 is 5.97 Å². The quantitative estimate of drug-likeness (QED) is 0.900. The van der Waals surface area contributed by atoms with Gasteiger partial charge < -0.3 is 14.8 Å².